The summed E-state index contributed by atoms with van der Waals surface area (Å²) in [5, 5.41) is 6.04. The van der Waals surface area contributed by atoms with Crippen LogP contribution in [0.3, 0.4) is 0 Å². The Labute approximate surface area is 219 Å². The molecule has 4 heteroatoms. The Morgan fingerprint density at radius 2 is 1.08 bits per heavy atom. The van der Waals surface area contributed by atoms with E-state index in [9.17, 15) is 0 Å². The lowest BCUT2D eigenvalue weighted by molar-refractivity contribution is 0.592. The van der Waals surface area contributed by atoms with Crippen LogP contribution in [0.1, 0.15) is 0 Å². The zero-order valence-electron chi connectivity index (χ0n) is 19.9. The van der Waals surface area contributed by atoms with Gasteiger partial charge in [-0.2, -0.15) is 0 Å². The lowest BCUT2D eigenvalue weighted by Crippen LogP contribution is -2.24. The second-order valence-electron chi connectivity index (χ2n) is 9.22. The number of aromatic nitrogens is 1. The Hall–Kier alpha value is -4.04. The van der Waals surface area contributed by atoms with Gasteiger partial charge in [0.1, 0.15) is 0 Å². The molecular weight excluding hydrogens is 489 g/mol. The van der Waals surface area contributed by atoms with Crippen LogP contribution in [-0.2, 0) is 4.57 Å². The minimum Gasteiger partial charge on any atom is -0.306 e. The fourth-order valence-electron chi connectivity index (χ4n) is 4.97. The second kappa shape index (κ2) is 8.81. The van der Waals surface area contributed by atoms with Crippen molar-refractivity contribution >= 4 is 65.6 Å². The van der Waals surface area contributed by atoms with Crippen molar-refractivity contribution < 1.29 is 4.57 Å². The van der Waals surface area contributed by atoms with Gasteiger partial charge >= 0.3 is 0 Å². The molecule has 0 spiro atoms. The number of nitrogens with zero attached hydrogens (tertiary/aromatic N) is 1. The molecule has 0 amide bonds. The molecule has 7 rings (SSSR count). The first-order valence-electron chi connectivity index (χ1n) is 12.2. The van der Waals surface area contributed by atoms with Gasteiger partial charge in [0, 0.05) is 10.6 Å². The van der Waals surface area contributed by atoms with Gasteiger partial charge in [0.15, 0.2) is 11.9 Å². The lowest BCUT2D eigenvalue weighted by Gasteiger charge is -2.18. The monoisotopic (exact) mass is 511 g/mol. The number of rotatable bonds is 4. The lowest BCUT2D eigenvalue weighted by atomic mass is 10.1. The summed E-state index contributed by atoms with van der Waals surface area (Å²) < 4.78 is 17.1. The van der Waals surface area contributed by atoms with Crippen LogP contribution < -0.4 is 15.4 Å². The van der Waals surface area contributed by atoms with Crippen LogP contribution in [0.15, 0.2) is 133 Å². The molecule has 0 unspecified atom stereocenters. The molecule has 0 atom stereocenters. The van der Waals surface area contributed by atoms with Crippen LogP contribution in [0.25, 0.3) is 42.9 Å². The van der Waals surface area contributed by atoms with Crippen molar-refractivity contribution in [2.45, 2.75) is 0 Å². The number of hydrogen-bond acceptors (Lipinski definition) is 3. The molecule has 0 N–H and O–H groups in total. The van der Waals surface area contributed by atoms with Crippen molar-refractivity contribution in [1.29, 1.82) is 0 Å². The molecule has 0 aliphatic heterocycles. The molecule has 6 aromatic carbocycles. The van der Waals surface area contributed by atoms with E-state index < -0.39 is 7.14 Å². The minimum atomic E-state index is -3.24. The van der Waals surface area contributed by atoms with E-state index in [4.69, 9.17) is 4.98 Å². The standard InChI is InChI=1S/C33H22NOPS/c35-36(29-17-14-24-10-4-6-12-26(24)20-29,30-18-15-25-11-5-7-13-27(25)21-30)33-34-31-19-16-28(22-32(31)37-33)23-8-2-1-3-9-23/h1-22H. The summed E-state index contributed by atoms with van der Waals surface area (Å²) in [6.45, 7) is 0. The molecule has 176 valence electrons. The topological polar surface area (TPSA) is 30.0 Å². The highest BCUT2D eigenvalue weighted by Crippen LogP contribution is 2.46. The van der Waals surface area contributed by atoms with Crippen molar-refractivity contribution in [2.24, 2.45) is 0 Å². The molecular formula is C33H22NOPS. The summed E-state index contributed by atoms with van der Waals surface area (Å²) in [7, 11) is -3.24. The Balaban J connectivity index is 1.46. The van der Waals surface area contributed by atoms with Crippen LogP contribution in [0, 0.1) is 0 Å². The molecule has 7 aromatic rings. The van der Waals surface area contributed by atoms with Crippen LogP contribution in [0.5, 0.6) is 0 Å². The molecule has 2 nitrogen and oxygen atoms in total. The van der Waals surface area contributed by atoms with Gasteiger partial charge in [0.05, 0.1) is 10.2 Å². The number of benzene rings is 6. The normalized spacial score (nSPS) is 11.9. The molecule has 1 heterocycles. The van der Waals surface area contributed by atoms with Gasteiger partial charge in [-0.15, -0.1) is 11.3 Å². The maximum absolute atomic E-state index is 15.4. The average Bonchev–Trinajstić information content (AvgIpc) is 3.41. The van der Waals surface area contributed by atoms with E-state index in [1.807, 2.05) is 60.7 Å². The third kappa shape index (κ3) is 3.79. The SMILES string of the molecule is O=P(c1ccc2ccccc2c1)(c1ccc2ccccc2c1)c1nc2ccc(-c3ccccc3)cc2s1. The molecule has 37 heavy (non-hydrogen) atoms. The molecule has 0 saturated carbocycles. The summed E-state index contributed by atoms with van der Waals surface area (Å²) >= 11 is 1.54. The van der Waals surface area contributed by atoms with Gasteiger partial charge in [0.2, 0.25) is 0 Å². The first-order valence-corrected chi connectivity index (χ1v) is 14.8. The molecule has 0 fully saturated rings. The highest BCUT2D eigenvalue weighted by atomic mass is 32.1. The van der Waals surface area contributed by atoms with E-state index in [0.717, 1.165) is 53.5 Å². The maximum atomic E-state index is 15.4. The first kappa shape index (κ1) is 22.2. The van der Waals surface area contributed by atoms with Gasteiger partial charge in [0.25, 0.3) is 0 Å². The minimum absolute atomic E-state index is 0.665. The summed E-state index contributed by atoms with van der Waals surface area (Å²) in [5.41, 5.74) is 3.17. The fraction of sp³-hybridized carbons (Fsp3) is 0. The number of fused-ring (bicyclic) bond motifs is 3. The number of thiazole rings is 1. The zero-order valence-corrected chi connectivity index (χ0v) is 21.6. The van der Waals surface area contributed by atoms with Gasteiger partial charge < -0.3 is 4.57 Å². The van der Waals surface area contributed by atoms with E-state index >= 15 is 4.57 Å². The Morgan fingerprint density at radius 3 is 1.70 bits per heavy atom. The van der Waals surface area contributed by atoms with Crippen molar-refractivity contribution in [3.63, 3.8) is 0 Å². The van der Waals surface area contributed by atoms with E-state index in [2.05, 4.69) is 72.8 Å². The summed E-state index contributed by atoms with van der Waals surface area (Å²) in [6, 6.07) is 45.4. The Bertz CT molecular complexity index is 1890. The maximum Gasteiger partial charge on any atom is 0.198 e. The smallest absolute Gasteiger partial charge is 0.198 e. The third-order valence-corrected chi connectivity index (χ3v) is 11.5. The third-order valence-electron chi connectivity index (χ3n) is 6.95. The quantitative estimate of drug-likeness (QED) is 0.225. The molecule has 0 aliphatic rings. The van der Waals surface area contributed by atoms with E-state index in [1.54, 1.807) is 0 Å². The molecule has 0 radical (unpaired) electrons. The van der Waals surface area contributed by atoms with Crippen molar-refractivity contribution in [3.05, 3.63) is 133 Å². The van der Waals surface area contributed by atoms with Crippen LogP contribution in [0.4, 0.5) is 0 Å². The largest absolute Gasteiger partial charge is 0.306 e. The van der Waals surface area contributed by atoms with Crippen LogP contribution in [0.2, 0.25) is 0 Å². The van der Waals surface area contributed by atoms with Crippen molar-refractivity contribution in [2.75, 3.05) is 0 Å². The van der Waals surface area contributed by atoms with Gasteiger partial charge in [-0.25, -0.2) is 4.98 Å². The second-order valence-corrected chi connectivity index (χ2v) is 13.2. The first-order chi connectivity index (χ1) is 18.2. The zero-order chi connectivity index (χ0) is 24.8. The van der Waals surface area contributed by atoms with Crippen LogP contribution >= 0.6 is 18.5 Å². The van der Waals surface area contributed by atoms with Crippen molar-refractivity contribution in [1.82, 2.24) is 4.98 Å². The number of hydrogen-bond donors (Lipinski definition) is 0. The average molecular weight is 512 g/mol. The van der Waals surface area contributed by atoms with Crippen LogP contribution in [-0.4, -0.2) is 4.98 Å². The van der Waals surface area contributed by atoms with E-state index in [0.29, 0.717) is 4.75 Å². The van der Waals surface area contributed by atoms with Gasteiger partial charge in [-0.1, -0.05) is 109 Å². The van der Waals surface area contributed by atoms with Gasteiger partial charge in [-0.05, 0) is 56.9 Å². The summed E-state index contributed by atoms with van der Waals surface area (Å²) in [5.74, 6) is 0. The predicted molar refractivity (Wildman–Crippen MR) is 159 cm³/mol. The molecule has 0 bridgehead atoms. The van der Waals surface area contributed by atoms with E-state index in [1.165, 1.54) is 11.3 Å². The Kier molecular flexibility index (Phi) is 5.28. The molecule has 1 aromatic heterocycles. The fourth-order valence-corrected chi connectivity index (χ4v) is 9.36. The summed E-state index contributed by atoms with van der Waals surface area (Å²) in [4.78, 5) is 4.99. The predicted octanol–water partition coefficient (Wildman–Crippen LogP) is 7.91. The van der Waals surface area contributed by atoms with E-state index in [-0.39, 0.29) is 0 Å². The highest BCUT2D eigenvalue weighted by Gasteiger charge is 2.34. The Morgan fingerprint density at radius 1 is 0.514 bits per heavy atom. The van der Waals surface area contributed by atoms with Crippen molar-refractivity contribution in [3.8, 4) is 11.1 Å². The van der Waals surface area contributed by atoms with Gasteiger partial charge in [-0.3, -0.25) is 0 Å². The highest BCUT2D eigenvalue weighted by molar-refractivity contribution is 7.89. The molecule has 0 saturated heterocycles. The summed E-state index contributed by atoms with van der Waals surface area (Å²) in [6.07, 6.45) is 0. The molecule has 0 aliphatic carbocycles.